The summed E-state index contributed by atoms with van der Waals surface area (Å²) in [7, 11) is -1.95. The van der Waals surface area contributed by atoms with Gasteiger partial charge in [0.25, 0.3) is 0 Å². The first-order chi connectivity index (χ1) is 17.7. The Balaban J connectivity index is 1.53. The molecule has 2 aromatic rings. The molecule has 0 aliphatic carbocycles. The number of hydrogen-bond donors (Lipinski definition) is 0. The second-order valence-electron chi connectivity index (χ2n) is 12.4. The molecule has 2 amide bonds. The van der Waals surface area contributed by atoms with E-state index in [-0.39, 0.29) is 29.3 Å². The van der Waals surface area contributed by atoms with Gasteiger partial charge in [0.1, 0.15) is 0 Å². The number of carbonyl (C=O) groups is 2. The third-order valence-electron chi connectivity index (χ3n) is 8.97. The van der Waals surface area contributed by atoms with Crippen LogP contribution in [0.3, 0.4) is 0 Å². The highest BCUT2D eigenvalue weighted by Gasteiger charge is 2.55. The molecule has 2 aromatic carbocycles. The number of benzene rings is 2. The molecular formula is C30H40Cl2N2O3Si. The summed E-state index contributed by atoms with van der Waals surface area (Å²) in [5.41, 5.74) is 2.41. The van der Waals surface area contributed by atoms with Crippen LogP contribution in [-0.4, -0.2) is 49.6 Å². The highest BCUT2D eigenvalue weighted by molar-refractivity contribution is 6.74. The average molecular weight is 576 g/mol. The maximum Gasteiger partial charge on any atom is 0.230 e. The van der Waals surface area contributed by atoms with Crippen LogP contribution in [0.15, 0.2) is 42.5 Å². The van der Waals surface area contributed by atoms with Crippen molar-refractivity contribution in [1.82, 2.24) is 9.80 Å². The second kappa shape index (κ2) is 11.0. The zero-order chi connectivity index (χ0) is 27.9. The summed E-state index contributed by atoms with van der Waals surface area (Å²) in [5, 5.41) is 1.47. The zero-order valence-corrected chi connectivity index (χ0v) is 26.0. The molecule has 8 heteroatoms. The molecule has 0 unspecified atom stereocenters. The lowest BCUT2D eigenvalue weighted by molar-refractivity contribution is -0.149. The SMILES string of the molecule is Cc1c(Cl)cccc1CN1CC[C@]2(CC1=O)C[C@H](c1ccc(Cl)cc1)N(CCO[Si](C)(C)C(C)(C)C)C2=O. The van der Waals surface area contributed by atoms with Gasteiger partial charge >= 0.3 is 0 Å². The molecule has 2 atom stereocenters. The maximum absolute atomic E-state index is 14.1. The minimum Gasteiger partial charge on any atom is -0.415 e. The van der Waals surface area contributed by atoms with Gasteiger partial charge in [0, 0.05) is 36.1 Å². The number of carbonyl (C=O) groups excluding carboxylic acids is 2. The summed E-state index contributed by atoms with van der Waals surface area (Å²) in [5.74, 6) is 0.0985. The van der Waals surface area contributed by atoms with Gasteiger partial charge in [0.05, 0.1) is 18.1 Å². The lowest BCUT2D eigenvalue weighted by Gasteiger charge is -2.38. The first-order valence-electron chi connectivity index (χ1n) is 13.5. The molecule has 206 valence electrons. The maximum atomic E-state index is 14.1. The van der Waals surface area contributed by atoms with Gasteiger partial charge in [0.2, 0.25) is 11.8 Å². The van der Waals surface area contributed by atoms with Crippen molar-refractivity contribution in [3.63, 3.8) is 0 Å². The Labute approximate surface area is 238 Å². The monoisotopic (exact) mass is 574 g/mol. The summed E-state index contributed by atoms with van der Waals surface area (Å²) in [6.45, 7) is 15.2. The Morgan fingerprint density at radius 1 is 1.08 bits per heavy atom. The Kier molecular flexibility index (Phi) is 8.40. The number of piperidine rings is 1. The molecule has 4 rings (SSSR count). The normalized spacial score (nSPS) is 22.6. The number of amides is 2. The molecule has 0 bridgehead atoms. The predicted molar refractivity (Wildman–Crippen MR) is 157 cm³/mol. The quantitative estimate of drug-likeness (QED) is 0.323. The zero-order valence-electron chi connectivity index (χ0n) is 23.4. The van der Waals surface area contributed by atoms with E-state index in [4.69, 9.17) is 27.6 Å². The summed E-state index contributed by atoms with van der Waals surface area (Å²) in [6, 6.07) is 13.4. The van der Waals surface area contributed by atoms with E-state index < -0.39 is 13.7 Å². The van der Waals surface area contributed by atoms with E-state index in [0.29, 0.717) is 49.1 Å². The average Bonchev–Trinajstić information content (AvgIpc) is 3.09. The standard InChI is InChI=1S/C30H40Cl2N2O3Si/c1-21-23(8-7-9-25(21)32)20-33-15-14-30(19-27(33)35)18-26(22-10-12-24(31)13-11-22)34(28(30)36)16-17-37-38(5,6)29(2,3)4/h7-13,26H,14-20H2,1-6H3/t26-,30-/m1/s1. The molecule has 2 heterocycles. The van der Waals surface area contributed by atoms with Crippen molar-refractivity contribution in [3.8, 4) is 0 Å². The van der Waals surface area contributed by atoms with Crippen LogP contribution in [0, 0.1) is 12.3 Å². The predicted octanol–water partition coefficient (Wildman–Crippen LogP) is 7.41. The van der Waals surface area contributed by atoms with Crippen LogP contribution in [0.5, 0.6) is 0 Å². The van der Waals surface area contributed by atoms with Gasteiger partial charge in [-0.25, -0.2) is 0 Å². The van der Waals surface area contributed by atoms with Gasteiger partial charge in [-0.2, -0.15) is 0 Å². The first kappa shape index (κ1) is 29.1. The fourth-order valence-electron chi connectivity index (χ4n) is 5.39. The number of nitrogens with zero attached hydrogens (tertiary/aromatic N) is 2. The van der Waals surface area contributed by atoms with Gasteiger partial charge in [0.15, 0.2) is 8.32 Å². The Bertz CT molecular complexity index is 1190. The van der Waals surface area contributed by atoms with Crippen molar-refractivity contribution >= 4 is 43.3 Å². The summed E-state index contributed by atoms with van der Waals surface area (Å²) < 4.78 is 6.45. The topological polar surface area (TPSA) is 49.9 Å². The summed E-state index contributed by atoms with van der Waals surface area (Å²) >= 11 is 12.5. The molecule has 38 heavy (non-hydrogen) atoms. The second-order valence-corrected chi connectivity index (χ2v) is 18.1. The fraction of sp³-hybridized carbons (Fsp3) is 0.533. The van der Waals surface area contributed by atoms with Crippen LogP contribution < -0.4 is 0 Å². The van der Waals surface area contributed by atoms with E-state index in [1.54, 1.807) is 0 Å². The number of hydrogen-bond acceptors (Lipinski definition) is 3. The number of rotatable bonds is 7. The molecule has 1 spiro atoms. The molecule has 0 N–H and O–H groups in total. The number of likely N-dealkylation sites (tertiary alicyclic amines) is 2. The van der Waals surface area contributed by atoms with Gasteiger partial charge in [-0.15, -0.1) is 0 Å². The van der Waals surface area contributed by atoms with Crippen LogP contribution in [0.2, 0.25) is 28.2 Å². The molecule has 2 fully saturated rings. The van der Waals surface area contributed by atoms with Gasteiger partial charge < -0.3 is 14.2 Å². The van der Waals surface area contributed by atoms with E-state index in [0.717, 1.165) is 16.7 Å². The molecule has 0 aromatic heterocycles. The Morgan fingerprint density at radius 2 is 1.76 bits per heavy atom. The third-order valence-corrected chi connectivity index (χ3v) is 14.2. The minimum absolute atomic E-state index is 0.0261. The van der Waals surface area contributed by atoms with Crippen LogP contribution in [0.4, 0.5) is 0 Å². The van der Waals surface area contributed by atoms with E-state index in [1.807, 2.05) is 59.2 Å². The smallest absolute Gasteiger partial charge is 0.230 e. The Hall–Kier alpha value is -1.86. The van der Waals surface area contributed by atoms with Crippen LogP contribution in [0.1, 0.15) is 62.8 Å². The highest BCUT2D eigenvalue weighted by atomic mass is 35.5. The van der Waals surface area contributed by atoms with Crippen molar-refractivity contribution in [1.29, 1.82) is 0 Å². The molecule has 2 aliphatic rings. The van der Waals surface area contributed by atoms with Crippen molar-refractivity contribution in [2.45, 2.75) is 77.7 Å². The highest BCUT2D eigenvalue weighted by Crippen LogP contribution is 2.50. The fourth-order valence-corrected chi connectivity index (χ4v) is 6.74. The van der Waals surface area contributed by atoms with E-state index >= 15 is 0 Å². The van der Waals surface area contributed by atoms with Crippen LogP contribution in [0.25, 0.3) is 0 Å². The molecule has 0 radical (unpaired) electrons. The molecular weight excluding hydrogens is 535 g/mol. The minimum atomic E-state index is -1.95. The Morgan fingerprint density at radius 3 is 2.39 bits per heavy atom. The van der Waals surface area contributed by atoms with Crippen molar-refractivity contribution in [2.75, 3.05) is 19.7 Å². The molecule has 2 aliphatic heterocycles. The number of halogens is 2. The van der Waals surface area contributed by atoms with E-state index in [9.17, 15) is 9.59 Å². The van der Waals surface area contributed by atoms with E-state index in [1.165, 1.54) is 0 Å². The summed E-state index contributed by atoms with van der Waals surface area (Å²) in [4.78, 5) is 31.3. The van der Waals surface area contributed by atoms with Gasteiger partial charge in [-0.3, -0.25) is 9.59 Å². The largest absolute Gasteiger partial charge is 0.415 e. The summed E-state index contributed by atoms with van der Waals surface area (Å²) in [6.07, 6.45) is 1.51. The van der Waals surface area contributed by atoms with Gasteiger partial charge in [-0.05, 0) is 72.8 Å². The van der Waals surface area contributed by atoms with Crippen LogP contribution >= 0.6 is 23.2 Å². The van der Waals surface area contributed by atoms with Crippen LogP contribution in [-0.2, 0) is 20.6 Å². The molecule has 0 saturated carbocycles. The third kappa shape index (κ3) is 5.84. The van der Waals surface area contributed by atoms with Gasteiger partial charge in [-0.1, -0.05) is 68.2 Å². The molecule has 5 nitrogen and oxygen atoms in total. The molecule has 2 saturated heterocycles. The van der Waals surface area contributed by atoms with E-state index in [2.05, 4.69) is 33.9 Å². The van der Waals surface area contributed by atoms with Crippen molar-refractivity contribution in [3.05, 3.63) is 69.2 Å². The first-order valence-corrected chi connectivity index (χ1v) is 17.1. The van der Waals surface area contributed by atoms with Crippen molar-refractivity contribution < 1.29 is 14.0 Å². The lowest BCUT2D eigenvalue weighted by atomic mass is 9.75. The van der Waals surface area contributed by atoms with Crippen molar-refractivity contribution in [2.24, 2.45) is 5.41 Å². The lowest BCUT2D eigenvalue weighted by Crippen LogP contribution is -2.48.